The van der Waals surface area contributed by atoms with Crippen molar-refractivity contribution in [1.29, 1.82) is 0 Å². The van der Waals surface area contributed by atoms with Gasteiger partial charge in [-0.05, 0) is 62.6 Å². The number of aliphatic carboxylic acids is 1. The third-order valence-electron chi connectivity index (χ3n) is 5.67. The summed E-state index contributed by atoms with van der Waals surface area (Å²) >= 11 is 0. The lowest BCUT2D eigenvalue weighted by atomic mass is 9.73. The molecule has 1 aliphatic carbocycles. The SMILES string of the molecule is CCCCCC(/C=C(/O[SiH](C)C)C1CCCC(O)(CC(=O)O)C1)C(C)(C)C. The second-order valence-electron chi connectivity index (χ2n) is 9.79. The van der Waals surface area contributed by atoms with Crippen LogP contribution in [0.5, 0.6) is 0 Å². The van der Waals surface area contributed by atoms with Crippen LogP contribution in [0, 0.1) is 17.3 Å². The number of carbonyl (C=O) groups is 1. The van der Waals surface area contributed by atoms with E-state index in [1.165, 1.54) is 19.3 Å². The van der Waals surface area contributed by atoms with Crippen molar-refractivity contribution in [2.75, 3.05) is 0 Å². The minimum absolute atomic E-state index is 0.133. The van der Waals surface area contributed by atoms with Gasteiger partial charge in [-0.3, -0.25) is 4.79 Å². The smallest absolute Gasteiger partial charge is 0.306 e. The summed E-state index contributed by atoms with van der Waals surface area (Å²) < 4.78 is 6.36. The first kappa shape index (κ1) is 24.2. The van der Waals surface area contributed by atoms with Crippen molar-refractivity contribution >= 4 is 15.0 Å². The van der Waals surface area contributed by atoms with Crippen molar-refractivity contribution in [3.63, 3.8) is 0 Å². The van der Waals surface area contributed by atoms with Crippen LogP contribution in [-0.2, 0) is 9.22 Å². The fourth-order valence-corrected chi connectivity index (χ4v) is 4.96. The van der Waals surface area contributed by atoms with E-state index in [0.717, 1.165) is 25.0 Å². The van der Waals surface area contributed by atoms with Crippen molar-refractivity contribution < 1.29 is 19.4 Å². The monoisotopic (exact) mass is 398 g/mol. The number of carboxylic acid groups (broad SMARTS) is 1. The van der Waals surface area contributed by atoms with Crippen molar-refractivity contribution in [2.24, 2.45) is 17.3 Å². The summed E-state index contributed by atoms with van der Waals surface area (Å²) in [7, 11) is -1.28. The second-order valence-corrected chi connectivity index (χ2v) is 12.1. The quantitative estimate of drug-likeness (QED) is 0.289. The number of hydrogen-bond donors (Lipinski definition) is 2. The third kappa shape index (κ3) is 8.82. The van der Waals surface area contributed by atoms with Crippen LogP contribution in [0.1, 0.15) is 85.5 Å². The minimum atomic E-state index is -1.28. The van der Waals surface area contributed by atoms with Crippen molar-refractivity contribution in [3.8, 4) is 0 Å². The van der Waals surface area contributed by atoms with Gasteiger partial charge in [0.25, 0.3) is 0 Å². The highest BCUT2D eigenvalue weighted by Crippen LogP contribution is 2.41. The highest BCUT2D eigenvalue weighted by molar-refractivity contribution is 6.48. The van der Waals surface area contributed by atoms with Crippen LogP contribution < -0.4 is 0 Å². The molecule has 0 saturated heterocycles. The summed E-state index contributed by atoms with van der Waals surface area (Å²) in [4.78, 5) is 11.2. The van der Waals surface area contributed by atoms with Gasteiger partial charge in [0.2, 0.25) is 9.04 Å². The lowest BCUT2D eigenvalue weighted by Crippen LogP contribution is -2.38. The molecule has 0 aromatic rings. The molecule has 158 valence electrons. The van der Waals surface area contributed by atoms with E-state index in [4.69, 9.17) is 4.43 Å². The average molecular weight is 399 g/mol. The van der Waals surface area contributed by atoms with E-state index in [1.807, 2.05) is 0 Å². The Bertz CT molecular complexity index is 495. The summed E-state index contributed by atoms with van der Waals surface area (Å²) in [6.07, 6.45) is 9.88. The standard InChI is InChI=1S/C22H42O4Si/c1-7-8-9-12-18(21(2,3)4)14-19(26-27(5)6)17-11-10-13-22(25,15-17)16-20(23)24/h14,17-18,25,27H,7-13,15-16H2,1-6H3,(H,23,24)/b19-14+. The zero-order chi connectivity index (χ0) is 20.7. The molecule has 0 radical (unpaired) electrons. The number of unbranched alkanes of at least 4 members (excludes halogenated alkanes) is 2. The number of allylic oxidation sites excluding steroid dienone is 2. The van der Waals surface area contributed by atoms with Gasteiger partial charge in [-0.1, -0.05) is 47.0 Å². The van der Waals surface area contributed by atoms with Gasteiger partial charge < -0.3 is 14.6 Å². The first-order valence-corrected chi connectivity index (χ1v) is 13.6. The summed E-state index contributed by atoms with van der Waals surface area (Å²) in [6.45, 7) is 13.4. The Morgan fingerprint density at radius 1 is 1.33 bits per heavy atom. The van der Waals surface area contributed by atoms with Crippen LogP contribution in [0.15, 0.2) is 11.8 Å². The van der Waals surface area contributed by atoms with E-state index in [1.54, 1.807) is 0 Å². The predicted molar refractivity (Wildman–Crippen MR) is 114 cm³/mol. The summed E-state index contributed by atoms with van der Waals surface area (Å²) in [5, 5.41) is 20.0. The molecule has 0 amide bonds. The Balaban J connectivity index is 3.06. The van der Waals surface area contributed by atoms with E-state index in [0.29, 0.717) is 18.8 Å². The van der Waals surface area contributed by atoms with Crippen molar-refractivity contribution in [2.45, 2.75) is 104 Å². The van der Waals surface area contributed by atoms with Crippen LogP contribution in [-0.4, -0.2) is 30.8 Å². The maximum atomic E-state index is 11.2. The lowest BCUT2D eigenvalue weighted by molar-refractivity contribution is -0.144. The maximum absolute atomic E-state index is 11.2. The van der Waals surface area contributed by atoms with Crippen molar-refractivity contribution in [1.82, 2.24) is 0 Å². The largest absolute Gasteiger partial charge is 0.550 e. The molecule has 0 aliphatic heterocycles. The molecule has 0 aromatic heterocycles. The van der Waals surface area contributed by atoms with Gasteiger partial charge in [0.1, 0.15) is 0 Å². The highest BCUT2D eigenvalue weighted by atomic mass is 28.3. The maximum Gasteiger partial charge on any atom is 0.306 e. The minimum Gasteiger partial charge on any atom is -0.550 e. The topological polar surface area (TPSA) is 66.8 Å². The van der Waals surface area contributed by atoms with E-state index in [9.17, 15) is 15.0 Å². The normalized spacial score (nSPS) is 25.5. The molecule has 1 saturated carbocycles. The molecule has 27 heavy (non-hydrogen) atoms. The second kappa shape index (κ2) is 10.7. The Kier molecular flexibility index (Phi) is 9.56. The summed E-state index contributed by atoms with van der Waals surface area (Å²) in [5.41, 5.74) is -0.942. The molecular formula is C22H42O4Si. The average Bonchev–Trinajstić information content (AvgIpc) is 2.50. The van der Waals surface area contributed by atoms with Crippen LogP contribution in [0.3, 0.4) is 0 Å². The third-order valence-corrected chi connectivity index (χ3v) is 6.42. The number of hydrogen-bond acceptors (Lipinski definition) is 3. The summed E-state index contributed by atoms with van der Waals surface area (Å²) in [6, 6.07) is 0. The molecule has 0 spiro atoms. The molecule has 5 heteroatoms. The fraction of sp³-hybridized carbons (Fsp3) is 0.864. The van der Waals surface area contributed by atoms with Crippen LogP contribution in [0.25, 0.3) is 0 Å². The van der Waals surface area contributed by atoms with Gasteiger partial charge in [-0.25, -0.2) is 0 Å². The number of rotatable bonds is 10. The van der Waals surface area contributed by atoms with Gasteiger partial charge in [-0.15, -0.1) is 0 Å². The van der Waals surface area contributed by atoms with Crippen molar-refractivity contribution in [3.05, 3.63) is 11.8 Å². The molecule has 3 unspecified atom stereocenters. The fourth-order valence-electron chi connectivity index (χ4n) is 4.15. The van der Waals surface area contributed by atoms with E-state index in [-0.39, 0.29) is 17.8 Å². The molecule has 0 aromatic carbocycles. The molecule has 4 nitrogen and oxygen atoms in total. The van der Waals surface area contributed by atoms with Gasteiger partial charge >= 0.3 is 5.97 Å². The van der Waals surface area contributed by atoms with E-state index < -0.39 is 20.6 Å². The molecule has 1 fully saturated rings. The van der Waals surface area contributed by atoms with Gasteiger partial charge in [0.05, 0.1) is 17.8 Å². The first-order valence-electron chi connectivity index (χ1n) is 10.8. The molecule has 3 atom stereocenters. The summed E-state index contributed by atoms with van der Waals surface area (Å²) in [5.74, 6) is 0.668. The molecule has 1 rings (SSSR count). The molecular weight excluding hydrogens is 356 g/mol. The molecule has 2 N–H and O–H groups in total. The Morgan fingerprint density at radius 3 is 2.52 bits per heavy atom. The van der Waals surface area contributed by atoms with Gasteiger partial charge in [0.15, 0.2) is 0 Å². The zero-order valence-electron chi connectivity index (χ0n) is 18.4. The van der Waals surface area contributed by atoms with Crippen LogP contribution in [0.2, 0.25) is 13.1 Å². The number of carboxylic acids is 1. The molecule has 0 heterocycles. The lowest BCUT2D eigenvalue weighted by Gasteiger charge is -2.38. The highest BCUT2D eigenvalue weighted by Gasteiger charge is 2.38. The predicted octanol–water partition coefficient (Wildman–Crippen LogP) is 5.51. The zero-order valence-corrected chi connectivity index (χ0v) is 19.5. The molecule has 1 aliphatic rings. The Hall–Kier alpha value is -0.813. The van der Waals surface area contributed by atoms with Gasteiger partial charge in [0, 0.05) is 5.92 Å². The molecule has 0 bridgehead atoms. The van der Waals surface area contributed by atoms with Crippen LogP contribution >= 0.6 is 0 Å². The van der Waals surface area contributed by atoms with Gasteiger partial charge in [-0.2, -0.15) is 0 Å². The Morgan fingerprint density at radius 2 is 2.00 bits per heavy atom. The number of aliphatic hydroxyl groups is 1. The van der Waals surface area contributed by atoms with E-state index in [2.05, 4.69) is 46.9 Å². The first-order chi connectivity index (χ1) is 12.5. The Labute approximate surface area is 168 Å². The van der Waals surface area contributed by atoms with Crippen LogP contribution in [0.4, 0.5) is 0 Å². The van der Waals surface area contributed by atoms with E-state index >= 15 is 0 Å².